The molecule has 2 amide bonds. The van der Waals surface area contributed by atoms with Crippen LogP contribution in [-0.2, 0) is 6.42 Å². The molecule has 3 N–H and O–H groups in total. The summed E-state index contributed by atoms with van der Waals surface area (Å²) in [4.78, 5) is 26.2. The Morgan fingerprint density at radius 2 is 1.94 bits per heavy atom. The van der Waals surface area contributed by atoms with Gasteiger partial charge in [0.25, 0.3) is 0 Å². The molecular formula is C28H39N3O3. The minimum atomic E-state index is -0.312. The lowest BCUT2D eigenvalue weighted by Gasteiger charge is -2.42. The number of hydrogen-bond donors (Lipinski definition) is 3. The normalized spacial score (nSPS) is 19.4. The predicted octanol–water partition coefficient (Wildman–Crippen LogP) is 4.89. The van der Waals surface area contributed by atoms with E-state index >= 15 is 0 Å². The Morgan fingerprint density at radius 1 is 1.15 bits per heavy atom. The molecule has 34 heavy (non-hydrogen) atoms. The third-order valence-corrected chi connectivity index (χ3v) is 6.70. The average Bonchev–Trinajstić information content (AvgIpc) is 2.83. The Hall–Kier alpha value is -2.70. The molecule has 1 saturated heterocycles. The fraction of sp³-hybridized carbons (Fsp3) is 0.500. The number of carbonyl (C=O) groups excluding carboxylic acids is 2. The number of amides is 2. The number of hydrogen-bond acceptors (Lipinski definition) is 4. The molecule has 0 bridgehead atoms. The van der Waals surface area contributed by atoms with Crippen molar-refractivity contribution in [1.82, 2.24) is 10.2 Å². The molecule has 0 aliphatic carbocycles. The lowest BCUT2D eigenvalue weighted by Crippen LogP contribution is -2.50. The van der Waals surface area contributed by atoms with Crippen LogP contribution < -0.4 is 10.6 Å². The second-order valence-electron chi connectivity index (χ2n) is 9.41. The van der Waals surface area contributed by atoms with E-state index in [0.717, 1.165) is 51.6 Å². The van der Waals surface area contributed by atoms with Gasteiger partial charge in [0.15, 0.2) is 5.78 Å². The predicted molar refractivity (Wildman–Crippen MR) is 137 cm³/mol. The molecule has 2 aromatic carbocycles. The molecule has 1 aliphatic rings. The molecule has 6 nitrogen and oxygen atoms in total. The van der Waals surface area contributed by atoms with Gasteiger partial charge in [0.05, 0.1) is 6.10 Å². The largest absolute Gasteiger partial charge is 0.391 e. The molecule has 0 radical (unpaired) electrons. The van der Waals surface area contributed by atoms with E-state index in [1.165, 1.54) is 12.5 Å². The number of ketones is 1. The number of aliphatic hydroxyl groups is 1. The Bertz CT molecular complexity index is 918. The van der Waals surface area contributed by atoms with Gasteiger partial charge in [-0.05, 0) is 69.2 Å². The molecule has 3 unspecified atom stereocenters. The van der Waals surface area contributed by atoms with E-state index in [-0.39, 0.29) is 24.0 Å². The van der Waals surface area contributed by atoms with E-state index in [0.29, 0.717) is 23.7 Å². The Morgan fingerprint density at radius 3 is 2.68 bits per heavy atom. The summed E-state index contributed by atoms with van der Waals surface area (Å²) in [7, 11) is 0. The molecule has 3 rings (SSSR count). The van der Waals surface area contributed by atoms with Gasteiger partial charge in [0.1, 0.15) is 0 Å². The SMILES string of the molecule is CCCC(O)C1CC(Cc2ccccc2)CCN1CCCNC(=O)Nc1cccc(C(C)=O)c1. The average molecular weight is 466 g/mol. The van der Waals surface area contributed by atoms with Crippen molar-refractivity contribution in [3.8, 4) is 0 Å². The fourth-order valence-electron chi connectivity index (χ4n) is 4.90. The van der Waals surface area contributed by atoms with Crippen LogP contribution in [0.2, 0.25) is 0 Å². The number of aliphatic hydroxyl groups excluding tert-OH is 1. The van der Waals surface area contributed by atoms with E-state index in [4.69, 9.17) is 0 Å². The standard InChI is InChI=1S/C28H39N3O3/c1-3-9-27(33)26-19-23(18-22-10-5-4-6-11-22)14-17-31(26)16-8-15-29-28(34)30-25-13-7-12-24(20-25)21(2)32/h4-7,10-13,20,23,26-27,33H,3,8-9,14-19H2,1-2H3,(H2,29,30,34). The highest BCUT2D eigenvalue weighted by Crippen LogP contribution is 2.29. The van der Waals surface area contributed by atoms with Crippen LogP contribution in [0.4, 0.5) is 10.5 Å². The Labute approximate surface area is 203 Å². The topological polar surface area (TPSA) is 81.7 Å². The Balaban J connectivity index is 1.46. The molecule has 0 saturated carbocycles. The summed E-state index contributed by atoms with van der Waals surface area (Å²) in [6.45, 7) is 6.01. The van der Waals surface area contributed by atoms with Gasteiger partial charge in [0.2, 0.25) is 0 Å². The van der Waals surface area contributed by atoms with Gasteiger partial charge >= 0.3 is 6.03 Å². The second kappa shape index (κ2) is 13.3. The molecule has 184 valence electrons. The lowest BCUT2D eigenvalue weighted by molar-refractivity contribution is 0.00422. The van der Waals surface area contributed by atoms with Crippen molar-refractivity contribution in [3.63, 3.8) is 0 Å². The number of carbonyl (C=O) groups is 2. The van der Waals surface area contributed by atoms with Crippen molar-refractivity contribution in [2.24, 2.45) is 5.92 Å². The third kappa shape index (κ3) is 7.96. The van der Waals surface area contributed by atoms with Crippen molar-refractivity contribution in [2.75, 3.05) is 25.0 Å². The molecule has 1 fully saturated rings. The van der Waals surface area contributed by atoms with E-state index in [1.54, 1.807) is 24.3 Å². The van der Waals surface area contributed by atoms with Gasteiger partial charge in [0, 0.05) is 30.4 Å². The molecule has 2 aromatic rings. The highest BCUT2D eigenvalue weighted by atomic mass is 16.3. The van der Waals surface area contributed by atoms with Crippen LogP contribution in [0, 0.1) is 5.92 Å². The monoisotopic (exact) mass is 465 g/mol. The highest BCUT2D eigenvalue weighted by molar-refractivity contribution is 5.96. The first kappa shape index (κ1) is 25.9. The van der Waals surface area contributed by atoms with Gasteiger partial charge in [-0.1, -0.05) is 55.8 Å². The summed E-state index contributed by atoms with van der Waals surface area (Å²) in [5, 5.41) is 16.6. The summed E-state index contributed by atoms with van der Waals surface area (Å²) < 4.78 is 0. The summed E-state index contributed by atoms with van der Waals surface area (Å²) in [5.41, 5.74) is 2.55. The summed E-state index contributed by atoms with van der Waals surface area (Å²) in [6, 6.07) is 17.5. The first-order chi connectivity index (χ1) is 16.5. The van der Waals surface area contributed by atoms with Crippen molar-refractivity contribution >= 4 is 17.5 Å². The lowest BCUT2D eigenvalue weighted by atomic mass is 9.83. The molecule has 0 aromatic heterocycles. The van der Waals surface area contributed by atoms with Crippen LogP contribution in [0.15, 0.2) is 54.6 Å². The number of nitrogens with zero attached hydrogens (tertiary/aromatic N) is 1. The van der Waals surface area contributed by atoms with Crippen molar-refractivity contribution in [3.05, 3.63) is 65.7 Å². The molecular weight excluding hydrogens is 426 g/mol. The van der Waals surface area contributed by atoms with Crippen molar-refractivity contribution < 1.29 is 14.7 Å². The smallest absolute Gasteiger partial charge is 0.319 e. The Kier molecular flexibility index (Phi) is 10.1. The zero-order valence-corrected chi connectivity index (χ0v) is 20.5. The first-order valence-electron chi connectivity index (χ1n) is 12.6. The van der Waals surface area contributed by atoms with Gasteiger partial charge in [-0.25, -0.2) is 4.79 Å². The number of rotatable bonds is 11. The maximum absolute atomic E-state index is 12.3. The summed E-state index contributed by atoms with van der Waals surface area (Å²) in [6.07, 6.45) is 5.51. The maximum Gasteiger partial charge on any atom is 0.319 e. The summed E-state index contributed by atoms with van der Waals surface area (Å²) >= 11 is 0. The number of likely N-dealkylation sites (tertiary alicyclic amines) is 1. The van der Waals surface area contributed by atoms with E-state index in [1.807, 2.05) is 0 Å². The highest BCUT2D eigenvalue weighted by Gasteiger charge is 2.32. The third-order valence-electron chi connectivity index (χ3n) is 6.70. The van der Waals surface area contributed by atoms with Crippen molar-refractivity contribution in [2.45, 2.75) is 64.5 Å². The number of anilines is 1. The molecule has 1 aliphatic heterocycles. The number of piperidine rings is 1. The minimum Gasteiger partial charge on any atom is -0.391 e. The zero-order chi connectivity index (χ0) is 24.3. The van der Waals surface area contributed by atoms with Crippen LogP contribution in [0.25, 0.3) is 0 Å². The molecule has 6 heteroatoms. The number of urea groups is 1. The number of Topliss-reactive ketones (excluding diaryl/α,β-unsaturated/α-hetero) is 1. The quantitative estimate of drug-likeness (QED) is 0.326. The zero-order valence-electron chi connectivity index (χ0n) is 20.5. The molecule has 1 heterocycles. The van der Waals surface area contributed by atoms with Gasteiger partial charge in [-0.2, -0.15) is 0 Å². The summed E-state index contributed by atoms with van der Waals surface area (Å²) in [5.74, 6) is 0.557. The van der Waals surface area contributed by atoms with E-state index < -0.39 is 0 Å². The van der Waals surface area contributed by atoms with Gasteiger partial charge in [-0.15, -0.1) is 0 Å². The van der Waals surface area contributed by atoms with Crippen LogP contribution in [-0.4, -0.2) is 53.6 Å². The van der Waals surface area contributed by atoms with Crippen molar-refractivity contribution in [1.29, 1.82) is 0 Å². The second-order valence-corrected chi connectivity index (χ2v) is 9.41. The van der Waals surface area contributed by atoms with Gasteiger partial charge < -0.3 is 15.7 Å². The minimum absolute atomic E-state index is 0.0311. The number of nitrogens with one attached hydrogen (secondary N) is 2. The van der Waals surface area contributed by atoms with Crippen LogP contribution in [0.3, 0.4) is 0 Å². The van der Waals surface area contributed by atoms with Crippen LogP contribution in [0.1, 0.15) is 61.9 Å². The number of benzene rings is 2. The molecule has 3 atom stereocenters. The van der Waals surface area contributed by atoms with Gasteiger partial charge in [-0.3, -0.25) is 9.69 Å². The van der Waals surface area contributed by atoms with Crippen LogP contribution >= 0.6 is 0 Å². The molecule has 0 spiro atoms. The first-order valence-corrected chi connectivity index (χ1v) is 12.6. The van der Waals surface area contributed by atoms with Crippen LogP contribution in [0.5, 0.6) is 0 Å². The fourth-order valence-corrected chi connectivity index (χ4v) is 4.90. The maximum atomic E-state index is 12.3. The van der Waals surface area contributed by atoms with E-state index in [2.05, 4.69) is 52.8 Å². The van der Waals surface area contributed by atoms with E-state index in [9.17, 15) is 14.7 Å².